The van der Waals surface area contributed by atoms with E-state index in [0.29, 0.717) is 22.2 Å². The van der Waals surface area contributed by atoms with Gasteiger partial charge >= 0.3 is 5.97 Å². The van der Waals surface area contributed by atoms with Crippen molar-refractivity contribution >= 4 is 34.8 Å². The number of fused-ring (bicyclic) bond motifs is 1. The number of carbonyl (C=O) groups is 1. The van der Waals surface area contributed by atoms with Gasteiger partial charge in [0.2, 0.25) is 0 Å². The number of carboxylic acid groups (broad SMARTS) is 1. The molecule has 0 aromatic carbocycles. The molecule has 0 atom stereocenters. The maximum Gasteiger partial charge on any atom is 0.317 e. The number of hydrogen-bond donors (Lipinski definition) is 1. The first-order valence-electron chi connectivity index (χ1n) is 5.18. The molecule has 18 heavy (non-hydrogen) atoms. The molecular weight excluding hydrogens is 277 g/mol. The lowest BCUT2D eigenvalue weighted by Gasteiger charge is -2.11. The van der Waals surface area contributed by atoms with Crippen molar-refractivity contribution in [2.75, 3.05) is 13.6 Å². The highest BCUT2D eigenvalue weighted by Crippen LogP contribution is 2.21. The number of aromatic nitrogens is 2. The number of halogens is 2. The lowest BCUT2D eigenvalue weighted by molar-refractivity contribution is -0.138. The van der Waals surface area contributed by atoms with Crippen LogP contribution in [0, 0.1) is 0 Å². The van der Waals surface area contributed by atoms with Crippen LogP contribution < -0.4 is 0 Å². The summed E-state index contributed by atoms with van der Waals surface area (Å²) in [5.41, 5.74) is 1.35. The van der Waals surface area contributed by atoms with Crippen LogP contribution in [0.25, 0.3) is 5.65 Å². The summed E-state index contributed by atoms with van der Waals surface area (Å²) in [5.74, 6) is -0.873. The highest BCUT2D eigenvalue weighted by molar-refractivity contribution is 6.36. The minimum absolute atomic E-state index is 0.0393. The Bertz CT molecular complexity index is 597. The van der Waals surface area contributed by atoms with Gasteiger partial charge in [-0.15, -0.1) is 0 Å². The third-order valence-electron chi connectivity index (χ3n) is 2.36. The fraction of sp³-hybridized carbons (Fsp3) is 0.273. The lowest BCUT2D eigenvalue weighted by atomic mass is 10.4. The Balaban J connectivity index is 2.25. The van der Waals surface area contributed by atoms with E-state index in [2.05, 4.69) is 4.98 Å². The molecule has 0 bridgehead atoms. The third-order valence-corrected chi connectivity index (χ3v) is 2.84. The number of carboxylic acids is 1. The zero-order valence-electron chi connectivity index (χ0n) is 9.60. The van der Waals surface area contributed by atoms with E-state index in [-0.39, 0.29) is 6.54 Å². The molecule has 0 aliphatic rings. The molecule has 2 aromatic heterocycles. The Morgan fingerprint density at radius 3 is 2.89 bits per heavy atom. The van der Waals surface area contributed by atoms with Gasteiger partial charge in [0, 0.05) is 18.9 Å². The average Bonchev–Trinajstić information content (AvgIpc) is 2.58. The number of aliphatic carboxylic acids is 1. The zero-order valence-corrected chi connectivity index (χ0v) is 11.1. The molecule has 0 amide bonds. The third kappa shape index (κ3) is 2.93. The fourth-order valence-corrected chi connectivity index (χ4v) is 2.24. The van der Waals surface area contributed by atoms with Gasteiger partial charge in [-0.05, 0) is 13.1 Å². The predicted octanol–water partition coefficient (Wildman–Crippen LogP) is 2.16. The van der Waals surface area contributed by atoms with Crippen molar-refractivity contribution in [3.63, 3.8) is 0 Å². The minimum Gasteiger partial charge on any atom is -0.480 e. The first-order valence-corrected chi connectivity index (χ1v) is 5.94. The van der Waals surface area contributed by atoms with Gasteiger partial charge in [0.05, 0.1) is 22.3 Å². The molecule has 2 rings (SSSR count). The number of hydrogen-bond acceptors (Lipinski definition) is 3. The van der Waals surface area contributed by atoms with Gasteiger partial charge in [-0.1, -0.05) is 23.2 Å². The molecule has 0 spiro atoms. The summed E-state index contributed by atoms with van der Waals surface area (Å²) in [6.07, 6.45) is 3.49. The van der Waals surface area contributed by atoms with Gasteiger partial charge in [-0.25, -0.2) is 4.98 Å². The van der Waals surface area contributed by atoms with E-state index < -0.39 is 5.97 Å². The van der Waals surface area contributed by atoms with Crippen LogP contribution in [0.2, 0.25) is 10.0 Å². The molecule has 2 heterocycles. The van der Waals surface area contributed by atoms with Crippen molar-refractivity contribution in [2.24, 2.45) is 0 Å². The second-order valence-corrected chi connectivity index (χ2v) is 4.88. The van der Waals surface area contributed by atoms with Crippen LogP contribution in [0.4, 0.5) is 0 Å². The van der Waals surface area contributed by atoms with Crippen LogP contribution >= 0.6 is 23.2 Å². The Hall–Kier alpha value is -1.30. The molecular formula is C11H11Cl2N3O2. The summed E-state index contributed by atoms with van der Waals surface area (Å²) in [4.78, 5) is 16.6. The standard InChI is InChI=1S/C11H11Cl2N3O2/c1-15(6-10(17)18)4-8-5-16-3-7(12)2-9(13)11(16)14-8/h2-3,5H,4,6H2,1H3,(H,17,18). The van der Waals surface area contributed by atoms with Crippen LogP contribution in [0.15, 0.2) is 18.5 Å². The first-order chi connectivity index (χ1) is 8.45. The SMILES string of the molecule is CN(CC(=O)O)Cc1cn2cc(Cl)cc(Cl)c2n1. The van der Waals surface area contributed by atoms with Gasteiger partial charge in [-0.2, -0.15) is 0 Å². The molecule has 96 valence electrons. The fourth-order valence-electron chi connectivity index (χ4n) is 1.71. The van der Waals surface area contributed by atoms with Gasteiger partial charge < -0.3 is 9.51 Å². The molecule has 0 aliphatic carbocycles. The number of pyridine rings is 1. The monoisotopic (exact) mass is 287 g/mol. The van der Waals surface area contributed by atoms with E-state index >= 15 is 0 Å². The topological polar surface area (TPSA) is 57.8 Å². The highest BCUT2D eigenvalue weighted by Gasteiger charge is 2.10. The van der Waals surface area contributed by atoms with Gasteiger partial charge in [-0.3, -0.25) is 9.69 Å². The van der Waals surface area contributed by atoms with Crippen molar-refractivity contribution < 1.29 is 9.90 Å². The van der Waals surface area contributed by atoms with Crippen molar-refractivity contribution in [3.05, 3.63) is 34.2 Å². The lowest BCUT2D eigenvalue weighted by Crippen LogP contribution is -2.25. The Labute approximate surface area is 114 Å². The number of imidazole rings is 1. The maximum atomic E-state index is 10.6. The first kappa shape index (κ1) is 13.1. The normalized spacial score (nSPS) is 11.3. The number of rotatable bonds is 4. The van der Waals surface area contributed by atoms with Crippen LogP contribution in [0.1, 0.15) is 5.69 Å². The minimum atomic E-state index is -0.873. The summed E-state index contributed by atoms with van der Waals surface area (Å²) in [6.45, 7) is 0.393. The Kier molecular flexibility index (Phi) is 3.75. The van der Waals surface area contributed by atoms with Crippen molar-refractivity contribution in [3.8, 4) is 0 Å². The van der Waals surface area contributed by atoms with E-state index in [0.717, 1.165) is 5.69 Å². The summed E-state index contributed by atoms with van der Waals surface area (Å²) >= 11 is 11.9. The Morgan fingerprint density at radius 2 is 2.22 bits per heavy atom. The molecule has 1 N–H and O–H groups in total. The summed E-state index contributed by atoms with van der Waals surface area (Å²) in [7, 11) is 1.71. The molecule has 0 saturated carbocycles. The second kappa shape index (κ2) is 5.14. The summed E-state index contributed by atoms with van der Waals surface area (Å²) < 4.78 is 1.73. The predicted molar refractivity (Wildman–Crippen MR) is 69.2 cm³/mol. The van der Waals surface area contributed by atoms with Crippen molar-refractivity contribution in [2.45, 2.75) is 6.54 Å². The quantitative estimate of drug-likeness (QED) is 0.936. The Morgan fingerprint density at radius 1 is 1.50 bits per heavy atom. The zero-order chi connectivity index (χ0) is 13.3. The largest absolute Gasteiger partial charge is 0.480 e. The van der Waals surface area contributed by atoms with E-state index in [1.807, 2.05) is 0 Å². The second-order valence-electron chi connectivity index (χ2n) is 4.04. The smallest absolute Gasteiger partial charge is 0.317 e. The molecule has 0 fully saturated rings. The molecule has 2 aromatic rings. The molecule has 0 unspecified atom stereocenters. The maximum absolute atomic E-state index is 10.6. The van der Waals surface area contributed by atoms with Crippen LogP contribution in [0.3, 0.4) is 0 Å². The van der Waals surface area contributed by atoms with Crippen LogP contribution in [-0.4, -0.2) is 39.0 Å². The number of nitrogens with zero attached hydrogens (tertiary/aromatic N) is 3. The van der Waals surface area contributed by atoms with E-state index in [1.165, 1.54) is 0 Å². The van der Waals surface area contributed by atoms with E-state index in [4.69, 9.17) is 28.3 Å². The van der Waals surface area contributed by atoms with Crippen LogP contribution in [0.5, 0.6) is 0 Å². The molecule has 0 saturated heterocycles. The summed E-state index contributed by atoms with van der Waals surface area (Å²) in [6, 6.07) is 1.62. The van der Waals surface area contributed by atoms with Crippen molar-refractivity contribution in [1.29, 1.82) is 0 Å². The average molecular weight is 288 g/mol. The van der Waals surface area contributed by atoms with Crippen molar-refractivity contribution in [1.82, 2.24) is 14.3 Å². The highest BCUT2D eigenvalue weighted by atomic mass is 35.5. The summed E-state index contributed by atoms with van der Waals surface area (Å²) in [5, 5.41) is 9.67. The van der Waals surface area contributed by atoms with Gasteiger partial charge in [0.25, 0.3) is 0 Å². The molecule has 0 radical (unpaired) electrons. The number of likely N-dealkylation sites (N-methyl/N-ethyl adjacent to an activating group) is 1. The molecule has 0 aliphatic heterocycles. The van der Waals surface area contributed by atoms with E-state index in [9.17, 15) is 4.79 Å². The molecule has 5 nitrogen and oxygen atoms in total. The molecule has 7 heteroatoms. The van der Waals surface area contributed by atoms with Crippen LogP contribution in [-0.2, 0) is 11.3 Å². The van der Waals surface area contributed by atoms with Gasteiger partial charge in [0.1, 0.15) is 0 Å². The van der Waals surface area contributed by atoms with Gasteiger partial charge in [0.15, 0.2) is 5.65 Å². The van der Waals surface area contributed by atoms with E-state index in [1.54, 1.807) is 34.8 Å².